The number of nitrogens with zero attached hydrogens (tertiary/aromatic N) is 1. The van der Waals surface area contributed by atoms with Crippen molar-refractivity contribution in [3.8, 4) is 0 Å². The molecular weight excluding hydrogens is 255 g/mol. The number of aliphatic hydroxyl groups excluding tert-OH is 1. The highest BCUT2D eigenvalue weighted by Crippen LogP contribution is 2.41. The SMILES string of the molecule is OCCc1c(C(F)(F)F)n2c3c(cccc13)CCC2. The predicted molar refractivity (Wildman–Crippen MR) is 66.1 cm³/mol. The van der Waals surface area contributed by atoms with Crippen molar-refractivity contribution >= 4 is 10.9 Å². The number of hydrogen-bond donors (Lipinski definition) is 1. The van der Waals surface area contributed by atoms with Gasteiger partial charge in [-0.15, -0.1) is 0 Å². The number of aromatic nitrogens is 1. The quantitative estimate of drug-likeness (QED) is 0.890. The summed E-state index contributed by atoms with van der Waals surface area (Å²) in [6.45, 7) is 0.125. The topological polar surface area (TPSA) is 25.2 Å². The third kappa shape index (κ3) is 1.84. The zero-order valence-electron chi connectivity index (χ0n) is 10.3. The van der Waals surface area contributed by atoms with E-state index in [2.05, 4.69) is 0 Å². The van der Waals surface area contributed by atoms with Gasteiger partial charge in [-0.25, -0.2) is 0 Å². The van der Waals surface area contributed by atoms with E-state index >= 15 is 0 Å². The molecule has 19 heavy (non-hydrogen) atoms. The van der Waals surface area contributed by atoms with E-state index in [-0.39, 0.29) is 18.6 Å². The maximum atomic E-state index is 13.3. The molecule has 2 heterocycles. The lowest BCUT2D eigenvalue weighted by Crippen LogP contribution is -2.18. The van der Waals surface area contributed by atoms with Crippen LogP contribution in [0.5, 0.6) is 0 Å². The first kappa shape index (κ1) is 12.5. The summed E-state index contributed by atoms with van der Waals surface area (Å²) in [7, 11) is 0. The van der Waals surface area contributed by atoms with Crippen LogP contribution < -0.4 is 0 Å². The lowest BCUT2D eigenvalue weighted by molar-refractivity contribution is -0.144. The molecule has 0 radical (unpaired) electrons. The van der Waals surface area contributed by atoms with Gasteiger partial charge in [-0.05, 0) is 30.4 Å². The van der Waals surface area contributed by atoms with Crippen LogP contribution in [0.15, 0.2) is 18.2 Å². The summed E-state index contributed by atoms with van der Waals surface area (Å²) in [4.78, 5) is 0. The van der Waals surface area contributed by atoms with Crippen LogP contribution in [0.3, 0.4) is 0 Å². The largest absolute Gasteiger partial charge is 0.431 e. The summed E-state index contributed by atoms with van der Waals surface area (Å²) >= 11 is 0. The van der Waals surface area contributed by atoms with Crippen molar-refractivity contribution < 1.29 is 18.3 Å². The van der Waals surface area contributed by atoms with Crippen molar-refractivity contribution in [2.24, 2.45) is 0 Å². The number of hydrogen-bond acceptors (Lipinski definition) is 1. The van der Waals surface area contributed by atoms with Gasteiger partial charge in [0.2, 0.25) is 0 Å². The molecule has 0 atom stereocenters. The fourth-order valence-corrected chi connectivity index (χ4v) is 3.10. The molecule has 0 unspecified atom stereocenters. The number of aliphatic hydroxyl groups is 1. The molecule has 0 amide bonds. The first-order valence-electron chi connectivity index (χ1n) is 6.35. The predicted octanol–water partition coefficient (Wildman–Crippen LogP) is 3.14. The molecule has 1 aromatic carbocycles. The Bertz CT molecular complexity index is 628. The van der Waals surface area contributed by atoms with E-state index in [0.29, 0.717) is 17.4 Å². The average Bonchev–Trinajstić information content (AvgIpc) is 2.67. The van der Waals surface area contributed by atoms with Crippen LogP contribution in [0, 0.1) is 0 Å². The van der Waals surface area contributed by atoms with E-state index < -0.39 is 11.9 Å². The minimum atomic E-state index is -4.38. The van der Waals surface area contributed by atoms with Crippen molar-refractivity contribution in [1.29, 1.82) is 0 Å². The minimum absolute atomic E-state index is 0.0434. The second-order valence-electron chi connectivity index (χ2n) is 4.87. The molecule has 0 aliphatic carbocycles. The molecule has 0 fully saturated rings. The second kappa shape index (κ2) is 4.27. The van der Waals surface area contributed by atoms with Crippen LogP contribution in [-0.4, -0.2) is 16.3 Å². The molecule has 2 aromatic rings. The zero-order valence-corrected chi connectivity index (χ0v) is 10.3. The van der Waals surface area contributed by atoms with Gasteiger partial charge in [0, 0.05) is 18.5 Å². The molecule has 0 bridgehead atoms. The average molecular weight is 269 g/mol. The molecule has 1 aliphatic heterocycles. The highest BCUT2D eigenvalue weighted by Gasteiger charge is 2.39. The molecule has 2 nitrogen and oxygen atoms in total. The van der Waals surface area contributed by atoms with Gasteiger partial charge >= 0.3 is 6.18 Å². The third-order valence-corrected chi connectivity index (χ3v) is 3.73. The summed E-state index contributed by atoms with van der Waals surface area (Å²) < 4.78 is 41.3. The van der Waals surface area contributed by atoms with Crippen LogP contribution in [0.4, 0.5) is 13.2 Å². The van der Waals surface area contributed by atoms with Crippen LogP contribution in [-0.2, 0) is 25.6 Å². The Morgan fingerprint density at radius 1 is 1.26 bits per heavy atom. The van der Waals surface area contributed by atoms with Crippen molar-refractivity contribution in [3.05, 3.63) is 35.0 Å². The molecule has 1 N–H and O–H groups in total. The van der Waals surface area contributed by atoms with Crippen molar-refractivity contribution in [2.45, 2.75) is 32.0 Å². The van der Waals surface area contributed by atoms with Crippen LogP contribution in [0.1, 0.15) is 23.2 Å². The van der Waals surface area contributed by atoms with E-state index in [0.717, 1.165) is 18.4 Å². The van der Waals surface area contributed by atoms with E-state index in [4.69, 9.17) is 5.11 Å². The summed E-state index contributed by atoms with van der Waals surface area (Å²) in [6, 6.07) is 5.41. The van der Waals surface area contributed by atoms with Gasteiger partial charge in [-0.1, -0.05) is 18.2 Å². The van der Waals surface area contributed by atoms with Gasteiger partial charge in [0.1, 0.15) is 5.69 Å². The highest BCUT2D eigenvalue weighted by atomic mass is 19.4. The van der Waals surface area contributed by atoms with Gasteiger partial charge in [-0.3, -0.25) is 0 Å². The molecule has 0 saturated carbocycles. The van der Waals surface area contributed by atoms with Crippen LogP contribution in [0.2, 0.25) is 0 Å². The number of alkyl halides is 3. The second-order valence-corrected chi connectivity index (χ2v) is 4.87. The first-order chi connectivity index (χ1) is 9.04. The summed E-state index contributed by atoms with van der Waals surface area (Å²) in [6.07, 6.45) is -2.79. The monoisotopic (exact) mass is 269 g/mol. The number of para-hydroxylation sites is 1. The maximum absolute atomic E-state index is 13.3. The highest BCUT2D eigenvalue weighted by molar-refractivity contribution is 5.89. The normalized spacial score (nSPS) is 15.2. The van der Waals surface area contributed by atoms with Crippen LogP contribution >= 0.6 is 0 Å². The summed E-state index contributed by atoms with van der Waals surface area (Å²) in [5, 5.41) is 9.70. The standard InChI is InChI=1S/C14H14F3NO/c15-14(16,17)13-11(6-8-19)10-5-1-3-9-4-2-7-18(13)12(9)10/h1,3,5,19H,2,4,6-8H2. The molecule has 0 saturated heterocycles. The maximum Gasteiger partial charge on any atom is 0.431 e. The number of aryl methyl sites for hydroxylation is 2. The van der Waals surface area contributed by atoms with Crippen LogP contribution in [0.25, 0.3) is 10.9 Å². The molecule has 1 aliphatic rings. The molecule has 102 valence electrons. The van der Waals surface area contributed by atoms with E-state index in [9.17, 15) is 13.2 Å². The Labute approximate surface area is 108 Å². The Morgan fingerprint density at radius 3 is 2.74 bits per heavy atom. The van der Waals surface area contributed by atoms with Crippen molar-refractivity contribution in [2.75, 3.05) is 6.61 Å². The lowest BCUT2D eigenvalue weighted by Gasteiger charge is -2.19. The molecule has 1 aromatic heterocycles. The van der Waals surface area contributed by atoms with Crippen molar-refractivity contribution in [1.82, 2.24) is 4.57 Å². The third-order valence-electron chi connectivity index (χ3n) is 3.73. The minimum Gasteiger partial charge on any atom is -0.396 e. The fourth-order valence-electron chi connectivity index (χ4n) is 3.10. The lowest BCUT2D eigenvalue weighted by atomic mass is 10.0. The molecule has 5 heteroatoms. The Hall–Kier alpha value is -1.49. The smallest absolute Gasteiger partial charge is 0.396 e. The number of rotatable bonds is 2. The Balaban J connectivity index is 2.40. The first-order valence-corrected chi connectivity index (χ1v) is 6.35. The zero-order chi connectivity index (χ0) is 13.6. The Kier molecular flexibility index (Phi) is 2.82. The van der Waals surface area contributed by atoms with Crippen molar-refractivity contribution in [3.63, 3.8) is 0 Å². The number of halogens is 3. The Morgan fingerprint density at radius 2 is 2.05 bits per heavy atom. The molecule has 0 spiro atoms. The van der Waals surface area contributed by atoms with Gasteiger partial charge in [-0.2, -0.15) is 13.2 Å². The van der Waals surface area contributed by atoms with E-state index in [1.165, 1.54) is 4.57 Å². The van der Waals surface area contributed by atoms with E-state index in [1.54, 1.807) is 12.1 Å². The van der Waals surface area contributed by atoms with Gasteiger partial charge in [0.15, 0.2) is 0 Å². The van der Waals surface area contributed by atoms with Gasteiger partial charge in [0.25, 0.3) is 0 Å². The van der Waals surface area contributed by atoms with Gasteiger partial charge in [0.05, 0.1) is 5.52 Å². The fraction of sp³-hybridized carbons (Fsp3) is 0.429. The van der Waals surface area contributed by atoms with E-state index in [1.807, 2.05) is 6.07 Å². The van der Waals surface area contributed by atoms with Gasteiger partial charge < -0.3 is 9.67 Å². The number of benzene rings is 1. The molecule has 3 rings (SSSR count). The summed E-state index contributed by atoms with van der Waals surface area (Å²) in [5.41, 5.74) is 1.32. The molecular formula is C14H14F3NO. The summed E-state index contributed by atoms with van der Waals surface area (Å²) in [5.74, 6) is 0.